The minimum Gasteiger partial charge on any atom is -0.496 e. The van der Waals surface area contributed by atoms with Gasteiger partial charge in [-0.2, -0.15) is 15.0 Å². The number of methoxy groups -OCH3 is 1. The Hall–Kier alpha value is -9.60. The summed E-state index contributed by atoms with van der Waals surface area (Å²) in [6.07, 6.45) is 5.00. The lowest BCUT2D eigenvalue weighted by Gasteiger charge is -2.35. The van der Waals surface area contributed by atoms with E-state index in [9.17, 15) is 19.2 Å². The number of nitrogens with one attached hydrogen (secondary N) is 4. The molecule has 0 bridgehead atoms. The molecular formula is C56H61N17O5. The Morgan fingerprint density at radius 3 is 1.64 bits per heavy atom. The van der Waals surface area contributed by atoms with Crippen LogP contribution < -0.4 is 60.3 Å². The summed E-state index contributed by atoms with van der Waals surface area (Å²) in [5.41, 5.74) is 8.35. The van der Waals surface area contributed by atoms with E-state index in [1.807, 2.05) is 84.6 Å². The molecule has 22 nitrogen and oxygen atoms in total. The Morgan fingerprint density at radius 2 is 1.04 bits per heavy atom. The fraction of sp³-hybridized carbons (Fsp3) is 0.286. The number of para-hydroxylation sites is 1. The van der Waals surface area contributed by atoms with Crippen molar-refractivity contribution >= 4 is 81.7 Å². The normalized spacial score (nSPS) is 13.9. The Morgan fingerprint density at radius 1 is 0.564 bits per heavy atom. The lowest BCUT2D eigenvalue weighted by atomic mass is 10.1. The Kier molecular flexibility index (Phi) is 15.1. The van der Waals surface area contributed by atoms with Gasteiger partial charge >= 0.3 is 0 Å². The molecule has 0 spiro atoms. The van der Waals surface area contributed by atoms with E-state index < -0.39 is 0 Å². The zero-order chi connectivity index (χ0) is 54.5. The first kappa shape index (κ1) is 51.9. The Labute approximate surface area is 452 Å². The van der Waals surface area contributed by atoms with Crippen LogP contribution in [0.25, 0.3) is 0 Å². The molecule has 4 amide bonds. The fourth-order valence-electron chi connectivity index (χ4n) is 9.30. The zero-order valence-corrected chi connectivity index (χ0v) is 44.4. The third-order valence-electron chi connectivity index (χ3n) is 14.1. The van der Waals surface area contributed by atoms with Crippen LogP contribution in [0.2, 0.25) is 0 Å². The highest BCUT2D eigenvalue weighted by Gasteiger charge is 2.31. The molecule has 0 aliphatic carbocycles. The number of hydrogen-bond donors (Lipinski definition) is 4. The predicted molar refractivity (Wildman–Crippen MR) is 302 cm³/mol. The van der Waals surface area contributed by atoms with Crippen LogP contribution in [0.1, 0.15) is 38.2 Å². The van der Waals surface area contributed by atoms with Gasteiger partial charge in [-0.25, -0.2) is 15.0 Å². The second-order valence-electron chi connectivity index (χ2n) is 19.4. The first-order chi connectivity index (χ1) is 37.8. The van der Waals surface area contributed by atoms with Gasteiger partial charge in [0, 0.05) is 97.9 Å². The topological polar surface area (TPSA) is 226 Å². The number of rotatable bonds is 19. The van der Waals surface area contributed by atoms with Gasteiger partial charge in [-0.15, -0.1) is 0 Å². The molecule has 3 aromatic heterocycles. The minimum atomic E-state index is -0.193. The summed E-state index contributed by atoms with van der Waals surface area (Å²) in [6, 6.07) is 31.3. The number of hydrogen-bond acceptors (Lipinski definition) is 18. The van der Waals surface area contributed by atoms with E-state index in [1.54, 1.807) is 78.6 Å². The van der Waals surface area contributed by atoms with Gasteiger partial charge in [-0.1, -0.05) is 66.7 Å². The summed E-state index contributed by atoms with van der Waals surface area (Å²) in [7, 11) is 10.7. The van der Waals surface area contributed by atoms with E-state index in [0.29, 0.717) is 104 Å². The quantitative estimate of drug-likeness (QED) is 0.0822. The van der Waals surface area contributed by atoms with Crippen molar-refractivity contribution in [2.75, 3.05) is 125 Å². The molecule has 3 aliphatic heterocycles. The van der Waals surface area contributed by atoms with Gasteiger partial charge in [0.05, 0.1) is 45.3 Å². The van der Waals surface area contributed by atoms with Crippen molar-refractivity contribution in [1.29, 1.82) is 0 Å². The number of aromatic nitrogens is 6. The molecule has 0 fully saturated rings. The van der Waals surface area contributed by atoms with Crippen molar-refractivity contribution < 1.29 is 23.9 Å². The first-order valence-electron chi connectivity index (χ1n) is 25.5. The molecule has 3 aliphatic rings. The minimum absolute atomic E-state index is 0.0203. The average Bonchev–Trinajstić information content (AvgIpc) is 3.48. The van der Waals surface area contributed by atoms with Gasteiger partial charge in [-0.3, -0.25) is 19.2 Å². The summed E-state index contributed by atoms with van der Waals surface area (Å²) < 4.78 is 5.50. The lowest BCUT2D eigenvalue weighted by molar-refractivity contribution is -0.118. The van der Waals surface area contributed by atoms with Gasteiger partial charge in [0.2, 0.25) is 35.6 Å². The number of likely N-dealkylation sites (N-methyl/N-ethyl adjacent to an activating group) is 5. The highest BCUT2D eigenvalue weighted by molar-refractivity contribution is 6.03. The summed E-state index contributed by atoms with van der Waals surface area (Å²) in [5.74, 6) is 3.83. The van der Waals surface area contributed by atoms with Crippen LogP contribution in [0.3, 0.4) is 0 Å². The van der Waals surface area contributed by atoms with E-state index in [0.717, 1.165) is 39.3 Å². The van der Waals surface area contributed by atoms with Gasteiger partial charge in [0.1, 0.15) is 22.8 Å². The van der Waals surface area contributed by atoms with E-state index in [2.05, 4.69) is 70.4 Å². The molecule has 4 aromatic carbocycles. The maximum Gasteiger partial charge on any atom is 0.251 e. The fourth-order valence-corrected chi connectivity index (χ4v) is 9.30. The zero-order valence-electron chi connectivity index (χ0n) is 44.4. The van der Waals surface area contributed by atoms with Crippen LogP contribution in [0.4, 0.5) is 58.0 Å². The van der Waals surface area contributed by atoms with Crippen molar-refractivity contribution in [2.45, 2.75) is 32.7 Å². The predicted octanol–water partition coefficient (Wildman–Crippen LogP) is 5.15. The number of carbonyl (C=O) groups excluding carboxylic acids is 4. The molecule has 0 unspecified atom stereocenters. The standard InChI is InChI=1S/C56H61N17O5/c1-67(23-24-72-34-48(75)70(4)44-30-63-56(65-51(44)72)60-28-41-9-7-8-10-46(41)78-6)42-21-17-38(18-22-42)27-59-55-62-31-45-52(66-55)73(35-49(76)71(45)5)32-39-13-11-36(12-14-39)25-57-53(77)40-19-15-37(16-20-40)26-58-54-61-29-43-50(64-54)68(2)33-47(74)69(43)3/h7-22,29-31H,23-28,32-35H2,1-6H3,(H,57,77)(H,58,61,64)(H,59,62,66)(H,60,63,65). The van der Waals surface area contributed by atoms with Crippen LogP contribution in [0.5, 0.6) is 5.75 Å². The highest BCUT2D eigenvalue weighted by Crippen LogP contribution is 2.34. The summed E-state index contributed by atoms with van der Waals surface area (Å²) >= 11 is 0. The Balaban J connectivity index is 0.699. The number of carbonyl (C=O) groups is 4. The number of nitrogens with zero attached hydrogens (tertiary/aromatic N) is 13. The first-order valence-corrected chi connectivity index (χ1v) is 25.5. The van der Waals surface area contributed by atoms with E-state index in [1.165, 1.54) is 0 Å². The molecule has 0 atom stereocenters. The summed E-state index contributed by atoms with van der Waals surface area (Å²) in [4.78, 5) is 91.9. The lowest BCUT2D eigenvalue weighted by Crippen LogP contribution is -2.46. The molecule has 0 radical (unpaired) electrons. The number of anilines is 10. The number of amides is 4. The van der Waals surface area contributed by atoms with Crippen LogP contribution in [0.15, 0.2) is 116 Å². The molecule has 0 saturated carbocycles. The molecule has 400 valence electrons. The van der Waals surface area contributed by atoms with Crippen LogP contribution in [-0.4, -0.2) is 129 Å². The van der Waals surface area contributed by atoms with Crippen molar-refractivity contribution in [3.05, 3.63) is 149 Å². The van der Waals surface area contributed by atoms with E-state index >= 15 is 0 Å². The monoisotopic (exact) mass is 1050 g/mol. The van der Waals surface area contributed by atoms with E-state index in [-0.39, 0.29) is 43.3 Å². The molecule has 0 saturated heterocycles. The summed E-state index contributed by atoms with van der Waals surface area (Å²) in [6.45, 7) is 3.97. The summed E-state index contributed by atoms with van der Waals surface area (Å²) in [5, 5.41) is 12.9. The molecule has 6 heterocycles. The van der Waals surface area contributed by atoms with Crippen LogP contribution >= 0.6 is 0 Å². The van der Waals surface area contributed by atoms with E-state index in [4.69, 9.17) is 14.7 Å². The average molecular weight is 1050 g/mol. The third-order valence-corrected chi connectivity index (χ3v) is 14.1. The number of fused-ring (bicyclic) bond motifs is 3. The number of benzene rings is 4. The molecule has 4 N–H and O–H groups in total. The Bertz CT molecular complexity index is 3340. The van der Waals surface area contributed by atoms with Gasteiger partial charge in [-0.05, 0) is 52.6 Å². The number of ether oxygens (including phenoxy) is 1. The second kappa shape index (κ2) is 22.7. The molecule has 22 heteroatoms. The maximum absolute atomic E-state index is 13.1. The molecular weight excluding hydrogens is 991 g/mol. The van der Waals surface area contributed by atoms with Crippen molar-refractivity contribution in [3.8, 4) is 5.75 Å². The largest absolute Gasteiger partial charge is 0.496 e. The van der Waals surface area contributed by atoms with Crippen LogP contribution in [0, 0.1) is 0 Å². The van der Waals surface area contributed by atoms with Gasteiger partial charge in [0.25, 0.3) is 5.91 Å². The van der Waals surface area contributed by atoms with Crippen LogP contribution in [-0.2, 0) is 47.1 Å². The molecule has 10 rings (SSSR count). The highest BCUT2D eigenvalue weighted by atomic mass is 16.5. The van der Waals surface area contributed by atoms with Crippen molar-refractivity contribution in [2.24, 2.45) is 0 Å². The third kappa shape index (κ3) is 11.5. The SMILES string of the molecule is COc1ccccc1CNc1ncc2c(n1)N(CCN(C)c1ccc(CNc3ncc4c(n3)N(Cc3ccc(CNC(=O)c5ccc(CNc6ncc7c(n6)N(C)CC(=O)N7C)cc5)cc3)CC(=O)N4C)cc1)CC(=O)N2C. The van der Waals surface area contributed by atoms with Crippen molar-refractivity contribution in [3.63, 3.8) is 0 Å². The molecule has 7 aromatic rings. The van der Waals surface area contributed by atoms with Gasteiger partial charge in [0.15, 0.2) is 17.5 Å². The smallest absolute Gasteiger partial charge is 0.251 e. The molecule has 78 heavy (non-hydrogen) atoms. The van der Waals surface area contributed by atoms with Gasteiger partial charge < -0.3 is 60.3 Å². The van der Waals surface area contributed by atoms with Crippen molar-refractivity contribution in [1.82, 2.24) is 35.2 Å². The maximum atomic E-state index is 13.1. The second-order valence-corrected chi connectivity index (χ2v) is 19.4.